The van der Waals surface area contributed by atoms with E-state index < -0.39 is 17.9 Å². The SMILES string of the molecule is N#Cc1ccc(C(=O)NC(Cc2ccccc2)C(N)=O)[nH]1. The Hall–Kier alpha value is -3.07. The van der Waals surface area contributed by atoms with E-state index in [-0.39, 0.29) is 11.4 Å². The summed E-state index contributed by atoms with van der Waals surface area (Å²) in [6, 6.07) is 13.3. The van der Waals surface area contributed by atoms with E-state index in [1.165, 1.54) is 12.1 Å². The topological polar surface area (TPSA) is 112 Å². The van der Waals surface area contributed by atoms with Crippen molar-refractivity contribution < 1.29 is 9.59 Å². The summed E-state index contributed by atoms with van der Waals surface area (Å²) in [6.07, 6.45) is 0.313. The number of aromatic nitrogens is 1. The van der Waals surface area contributed by atoms with Crippen molar-refractivity contribution in [2.75, 3.05) is 0 Å². The van der Waals surface area contributed by atoms with Crippen LogP contribution in [0.1, 0.15) is 21.7 Å². The van der Waals surface area contributed by atoms with Gasteiger partial charge < -0.3 is 16.0 Å². The molecule has 1 unspecified atom stereocenters. The molecular weight excluding hydrogens is 268 g/mol. The predicted molar refractivity (Wildman–Crippen MR) is 76.1 cm³/mol. The highest BCUT2D eigenvalue weighted by Gasteiger charge is 2.20. The van der Waals surface area contributed by atoms with E-state index in [1.54, 1.807) is 0 Å². The Morgan fingerprint density at radius 3 is 2.52 bits per heavy atom. The highest BCUT2D eigenvalue weighted by atomic mass is 16.2. The molecule has 0 spiro atoms. The molecule has 2 amide bonds. The van der Waals surface area contributed by atoms with Crippen LogP contribution in [-0.2, 0) is 11.2 Å². The normalized spacial score (nSPS) is 11.4. The summed E-state index contributed by atoms with van der Waals surface area (Å²) in [4.78, 5) is 26.1. The second kappa shape index (κ2) is 6.39. The third-order valence-corrected chi connectivity index (χ3v) is 2.98. The molecule has 0 saturated heterocycles. The van der Waals surface area contributed by atoms with Gasteiger partial charge in [-0.15, -0.1) is 0 Å². The van der Waals surface area contributed by atoms with Crippen molar-refractivity contribution in [3.8, 4) is 6.07 Å². The maximum atomic E-state index is 12.0. The largest absolute Gasteiger partial charge is 0.368 e. The van der Waals surface area contributed by atoms with Crippen LogP contribution < -0.4 is 11.1 Å². The predicted octanol–water partition coefficient (Wildman–Crippen LogP) is 0.713. The van der Waals surface area contributed by atoms with Gasteiger partial charge in [0.05, 0.1) is 0 Å². The van der Waals surface area contributed by atoms with Crippen LogP contribution in [0.2, 0.25) is 0 Å². The third-order valence-electron chi connectivity index (χ3n) is 2.98. The molecule has 1 aromatic heterocycles. The van der Waals surface area contributed by atoms with E-state index in [2.05, 4.69) is 10.3 Å². The Balaban J connectivity index is 2.08. The van der Waals surface area contributed by atoms with Gasteiger partial charge in [-0.1, -0.05) is 30.3 Å². The molecule has 106 valence electrons. The minimum Gasteiger partial charge on any atom is -0.368 e. The zero-order valence-electron chi connectivity index (χ0n) is 11.2. The van der Waals surface area contributed by atoms with E-state index in [1.807, 2.05) is 36.4 Å². The highest BCUT2D eigenvalue weighted by Crippen LogP contribution is 2.05. The standard InChI is InChI=1S/C15H14N4O2/c16-9-11-6-7-12(18-11)15(21)19-13(14(17)20)8-10-4-2-1-3-5-10/h1-7,13,18H,8H2,(H2,17,20)(H,19,21). The van der Waals surface area contributed by atoms with Crippen molar-refractivity contribution in [2.45, 2.75) is 12.5 Å². The number of primary amides is 1. The van der Waals surface area contributed by atoms with Crippen molar-refractivity contribution in [3.63, 3.8) is 0 Å². The minimum atomic E-state index is -0.811. The van der Waals surface area contributed by atoms with Crippen LogP contribution in [-0.4, -0.2) is 22.8 Å². The molecule has 0 radical (unpaired) electrons. The first kappa shape index (κ1) is 14.3. The molecule has 2 rings (SSSR count). The molecule has 0 bridgehead atoms. The van der Waals surface area contributed by atoms with Gasteiger partial charge in [0.1, 0.15) is 23.5 Å². The molecule has 21 heavy (non-hydrogen) atoms. The number of nitrogens with two attached hydrogens (primary N) is 1. The van der Waals surface area contributed by atoms with Crippen LogP contribution in [0.4, 0.5) is 0 Å². The fraction of sp³-hybridized carbons (Fsp3) is 0.133. The number of nitriles is 1. The number of aromatic amines is 1. The molecule has 0 fully saturated rings. The third kappa shape index (κ3) is 3.70. The molecule has 1 atom stereocenters. The number of carbonyl (C=O) groups is 2. The van der Waals surface area contributed by atoms with Crippen molar-refractivity contribution in [1.82, 2.24) is 10.3 Å². The lowest BCUT2D eigenvalue weighted by atomic mass is 10.1. The van der Waals surface area contributed by atoms with Crippen LogP contribution in [0.5, 0.6) is 0 Å². The smallest absolute Gasteiger partial charge is 0.268 e. The van der Waals surface area contributed by atoms with E-state index in [0.717, 1.165) is 5.56 Å². The molecular formula is C15H14N4O2. The monoisotopic (exact) mass is 282 g/mol. The van der Waals surface area contributed by atoms with Gasteiger partial charge in [-0.2, -0.15) is 5.26 Å². The maximum Gasteiger partial charge on any atom is 0.268 e. The van der Waals surface area contributed by atoms with Crippen molar-refractivity contribution in [1.29, 1.82) is 5.26 Å². The number of carbonyl (C=O) groups excluding carboxylic acids is 2. The number of nitrogens with zero attached hydrogens (tertiary/aromatic N) is 1. The van der Waals surface area contributed by atoms with E-state index in [0.29, 0.717) is 6.42 Å². The molecule has 6 heteroatoms. The fourth-order valence-corrected chi connectivity index (χ4v) is 1.90. The van der Waals surface area contributed by atoms with Gasteiger partial charge in [0.25, 0.3) is 5.91 Å². The molecule has 6 nitrogen and oxygen atoms in total. The first-order valence-corrected chi connectivity index (χ1v) is 6.33. The summed E-state index contributed by atoms with van der Waals surface area (Å²) in [6.45, 7) is 0. The van der Waals surface area contributed by atoms with Gasteiger partial charge in [0.15, 0.2) is 0 Å². The fourth-order valence-electron chi connectivity index (χ4n) is 1.90. The van der Waals surface area contributed by atoms with Crippen LogP contribution >= 0.6 is 0 Å². The summed E-state index contributed by atoms with van der Waals surface area (Å²) in [5.41, 5.74) is 6.71. The Morgan fingerprint density at radius 2 is 1.95 bits per heavy atom. The molecule has 1 heterocycles. The molecule has 2 aromatic rings. The number of benzene rings is 1. The average molecular weight is 282 g/mol. The average Bonchev–Trinajstić information content (AvgIpc) is 2.96. The summed E-state index contributed by atoms with van der Waals surface area (Å²) in [5, 5.41) is 11.3. The highest BCUT2D eigenvalue weighted by molar-refractivity contribution is 5.96. The quantitative estimate of drug-likeness (QED) is 0.750. The number of amides is 2. The summed E-state index contributed by atoms with van der Waals surface area (Å²) in [5.74, 6) is -1.09. The first-order chi connectivity index (χ1) is 10.1. The number of rotatable bonds is 5. The molecule has 1 aromatic carbocycles. The molecule has 0 aliphatic rings. The van der Waals surface area contributed by atoms with Gasteiger partial charge in [0, 0.05) is 6.42 Å². The lowest BCUT2D eigenvalue weighted by Gasteiger charge is -2.15. The van der Waals surface area contributed by atoms with Crippen LogP contribution in [0.3, 0.4) is 0 Å². The minimum absolute atomic E-state index is 0.214. The van der Waals surface area contributed by atoms with Gasteiger partial charge in [-0.25, -0.2) is 0 Å². The molecule has 0 saturated carbocycles. The Kier molecular flexibility index (Phi) is 4.36. The van der Waals surface area contributed by atoms with E-state index in [4.69, 9.17) is 11.0 Å². The van der Waals surface area contributed by atoms with Gasteiger partial charge >= 0.3 is 0 Å². The van der Waals surface area contributed by atoms with Gasteiger partial charge in [-0.3, -0.25) is 9.59 Å². The Labute approximate surface area is 121 Å². The number of H-pyrrole nitrogens is 1. The number of nitrogens with one attached hydrogen (secondary N) is 2. The molecule has 0 aliphatic heterocycles. The second-order valence-electron chi connectivity index (χ2n) is 4.52. The summed E-state index contributed by atoms with van der Waals surface area (Å²) >= 11 is 0. The Bertz CT molecular complexity index is 685. The lowest BCUT2D eigenvalue weighted by molar-refractivity contribution is -0.119. The first-order valence-electron chi connectivity index (χ1n) is 6.33. The Morgan fingerprint density at radius 1 is 1.24 bits per heavy atom. The molecule has 0 aliphatic carbocycles. The van der Waals surface area contributed by atoms with Gasteiger partial charge in [-0.05, 0) is 17.7 Å². The van der Waals surface area contributed by atoms with Crippen LogP contribution in [0, 0.1) is 11.3 Å². The number of hydrogen-bond acceptors (Lipinski definition) is 3. The van der Waals surface area contributed by atoms with Crippen molar-refractivity contribution in [3.05, 3.63) is 59.4 Å². The van der Waals surface area contributed by atoms with Crippen LogP contribution in [0.15, 0.2) is 42.5 Å². The second-order valence-corrected chi connectivity index (χ2v) is 4.52. The zero-order valence-corrected chi connectivity index (χ0v) is 11.2. The zero-order chi connectivity index (χ0) is 15.2. The summed E-state index contributed by atoms with van der Waals surface area (Å²) in [7, 11) is 0. The lowest BCUT2D eigenvalue weighted by Crippen LogP contribution is -2.45. The van der Waals surface area contributed by atoms with Crippen molar-refractivity contribution >= 4 is 11.8 Å². The van der Waals surface area contributed by atoms with E-state index >= 15 is 0 Å². The van der Waals surface area contributed by atoms with Crippen molar-refractivity contribution in [2.24, 2.45) is 5.73 Å². The maximum absolute atomic E-state index is 12.0. The summed E-state index contributed by atoms with van der Waals surface area (Å²) < 4.78 is 0. The van der Waals surface area contributed by atoms with Gasteiger partial charge in [0.2, 0.25) is 5.91 Å². The molecule has 4 N–H and O–H groups in total. The van der Waals surface area contributed by atoms with Crippen LogP contribution in [0.25, 0.3) is 0 Å². The number of hydrogen-bond donors (Lipinski definition) is 3. The van der Waals surface area contributed by atoms with E-state index in [9.17, 15) is 9.59 Å².